The van der Waals surface area contributed by atoms with E-state index in [1.807, 2.05) is 73.7 Å². The molecule has 0 spiro atoms. The highest BCUT2D eigenvalue weighted by Crippen LogP contribution is 2.33. The van der Waals surface area contributed by atoms with Crippen LogP contribution < -0.4 is 10.5 Å². The summed E-state index contributed by atoms with van der Waals surface area (Å²) in [4.78, 5) is 2.12. The van der Waals surface area contributed by atoms with Gasteiger partial charge in [0, 0.05) is 20.4 Å². The Morgan fingerprint density at radius 3 is 2.45 bits per heavy atom. The van der Waals surface area contributed by atoms with Gasteiger partial charge in [-0.15, -0.1) is 0 Å². The van der Waals surface area contributed by atoms with Crippen LogP contribution in [-0.2, 0) is 13.0 Å². The van der Waals surface area contributed by atoms with Crippen molar-refractivity contribution in [2.75, 3.05) is 6.61 Å². The predicted octanol–water partition coefficient (Wildman–Crippen LogP) is 5.71. The van der Waals surface area contributed by atoms with Crippen LogP contribution in [0.3, 0.4) is 0 Å². The molecular weight excluding hydrogens is 402 g/mol. The molecule has 0 aliphatic heterocycles. The highest BCUT2D eigenvalue weighted by molar-refractivity contribution is 7.99. The number of aliphatic hydroxyl groups excluding tert-OH is 1. The summed E-state index contributed by atoms with van der Waals surface area (Å²) in [6, 6.07) is 24.1. The lowest BCUT2D eigenvalue weighted by atomic mass is 9.90. The van der Waals surface area contributed by atoms with Gasteiger partial charge in [0.2, 0.25) is 0 Å². The number of nitrogens with two attached hydrogens (primary N) is 1. The first-order valence-corrected chi connectivity index (χ1v) is 10.8. The quantitative estimate of drug-likeness (QED) is 0.459. The third-order valence-electron chi connectivity index (χ3n) is 4.88. The van der Waals surface area contributed by atoms with E-state index in [0.29, 0.717) is 24.5 Å². The smallest absolute Gasteiger partial charge is 0.120 e. The SMILES string of the molecule is CCC(N)(CO)Cc1ccc(Sc2cccc(OCc3ccccc3)c2)cc1Cl. The molecule has 0 aromatic heterocycles. The Hall–Kier alpha value is -1.98. The van der Waals surface area contributed by atoms with Gasteiger partial charge in [-0.2, -0.15) is 0 Å². The molecule has 29 heavy (non-hydrogen) atoms. The maximum atomic E-state index is 9.55. The zero-order chi connectivity index (χ0) is 20.7. The maximum Gasteiger partial charge on any atom is 0.120 e. The second-order valence-electron chi connectivity index (χ2n) is 7.16. The van der Waals surface area contributed by atoms with Crippen LogP contribution in [0, 0.1) is 0 Å². The first-order valence-electron chi connectivity index (χ1n) is 9.64. The fourth-order valence-electron chi connectivity index (χ4n) is 2.91. The van der Waals surface area contributed by atoms with Crippen molar-refractivity contribution in [3.8, 4) is 5.75 Å². The Bertz CT molecular complexity index is 929. The molecule has 152 valence electrons. The highest BCUT2D eigenvalue weighted by atomic mass is 35.5. The fraction of sp³-hybridized carbons (Fsp3) is 0.250. The average Bonchev–Trinajstić information content (AvgIpc) is 2.75. The Labute approximate surface area is 181 Å². The molecule has 1 atom stereocenters. The van der Waals surface area contributed by atoms with E-state index in [1.165, 1.54) is 0 Å². The summed E-state index contributed by atoms with van der Waals surface area (Å²) in [5.74, 6) is 0.834. The van der Waals surface area contributed by atoms with Gasteiger partial charge in [-0.25, -0.2) is 0 Å². The van der Waals surface area contributed by atoms with Gasteiger partial charge in [-0.3, -0.25) is 0 Å². The Morgan fingerprint density at radius 1 is 1.00 bits per heavy atom. The molecule has 3 nitrogen and oxygen atoms in total. The van der Waals surface area contributed by atoms with Crippen molar-refractivity contribution in [2.24, 2.45) is 5.73 Å². The standard InChI is InChI=1S/C24H26ClNO2S/c1-2-24(26,17-27)15-19-11-12-22(14-23(19)25)29-21-10-6-9-20(13-21)28-16-18-7-4-3-5-8-18/h3-14,27H,2,15-17,26H2,1H3. The van der Waals surface area contributed by atoms with E-state index in [1.54, 1.807) is 11.8 Å². The van der Waals surface area contributed by atoms with E-state index in [9.17, 15) is 5.11 Å². The second-order valence-corrected chi connectivity index (χ2v) is 8.71. The zero-order valence-electron chi connectivity index (χ0n) is 16.5. The normalized spacial score (nSPS) is 13.1. The second kappa shape index (κ2) is 10.2. The number of aliphatic hydroxyl groups is 1. The monoisotopic (exact) mass is 427 g/mol. The molecule has 0 saturated carbocycles. The minimum Gasteiger partial charge on any atom is -0.489 e. The lowest BCUT2D eigenvalue weighted by Crippen LogP contribution is -2.45. The summed E-state index contributed by atoms with van der Waals surface area (Å²) < 4.78 is 5.92. The number of ether oxygens (including phenoxy) is 1. The maximum absolute atomic E-state index is 9.55. The molecule has 3 N–H and O–H groups in total. The van der Waals surface area contributed by atoms with Gasteiger partial charge in [-0.1, -0.05) is 72.8 Å². The topological polar surface area (TPSA) is 55.5 Å². The van der Waals surface area contributed by atoms with Gasteiger partial charge in [0.1, 0.15) is 12.4 Å². The third kappa shape index (κ3) is 6.25. The summed E-state index contributed by atoms with van der Waals surface area (Å²) in [7, 11) is 0. The molecule has 3 aromatic rings. The van der Waals surface area contributed by atoms with Crippen LogP contribution in [0.15, 0.2) is 82.6 Å². The summed E-state index contributed by atoms with van der Waals surface area (Å²) in [6.07, 6.45) is 1.23. The highest BCUT2D eigenvalue weighted by Gasteiger charge is 2.23. The van der Waals surface area contributed by atoms with Crippen molar-refractivity contribution in [3.63, 3.8) is 0 Å². The van der Waals surface area contributed by atoms with Crippen LogP contribution in [0.2, 0.25) is 5.02 Å². The van der Waals surface area contributed by atoms with Gasteiger partial charge in [0.25, 0.3) is 0 Å². The van der Waals surface area contributed by atoms with E-state index >= 15 is 0 Å². The van der Waals surface area contributed by atoms with Gasteiger partial charge in [-0.05, 0) is 54.3 Å². The molecule has 0 saturated heterocycles. The van der Waals surface area contributed by atoms with Crippen molar-refractivity contribution < 1.29 is 9.84 Å². The zero-order valence-corrected chi connectivity index (χ0v) is 18.0. The minimum atomic E-state index is -0.636. The van der Waals surface area contributed by atoms with Crippen molar-refractivity contribution >= 4 is 23.4 Å². The number of rotatable bonds is 9. The average molecular weight is 428 g/mol. The Balaban J connectivity index is 1.66. The van der Waals surface area contributed by atoms with Crippen LogP contribution in [-0.4, -0.2) is 17.3 Å². The summed E-state index contributed by atoms with van der Waals surface area (Å²) in [5.41, 5.74) is 7.67. The van der Waals surface area contributed by atoms with Crippen LogP contribution in [0.1, 0.15) is 24.5 Å². The lowest BCUT2D eigenvalue weighted by molar-refractivity contribution is 0.190. The van der Waals surface area contributed by atoms with Crippen molar-refractivity contribution in [3.05, 3.63) is 88.9 Å². The number of halogens is 1. The molecular formula is C24H26ClNO2S. The van der Waals surface area contributed by atoms with Gasteiger partial charge >= 0.3 is 0 Å². The minimum absolute atomic E-state index is 0.0634. The Morgan fingerprint density at radius 2 is 1.76 bits per heavy atom. The van der Waals surface area contributed by atoms with E-state index < -0.39 is 5.54 Å². The third-order valence-corrected chi connectivity index (χ3v) is 6.21. The summed E-state index contributed by atoms with van der Waals surface area (Å²) in [5, 5.41) is 10.2. The fourth-order valence-corrected chi connectivity index (χ4v) is 4.13. The van der Waals surface area contributed by atoms with Gasteiger partial charge in [0.15, 0.2) is 0 Å². The van der Waals surface area contributed by atoms with Crippen LogP contribution in [0.25, 0.3) is 0 Å². The molecule has 0 amide bonds. The molecule has 5 heteroatoms. The molecule has 0 radical (unpaired) electrons. The molecule has 3 rings (SSSR count). The van der Waals surface area contributed by atoms with Gasteiger partial charge in [0.05, 0.1) is 6.61 Å². The van der Waals surface area contributed by atoms with E-state index in [0.717, 1.165) is 26.7 Å². The van der Waals surface area contributed by atoms with Crippen molar-refractivity contribution in [1.29, 1.82) is 0 Å². The first-order chi connectivity index (χ1) is 14.0. The lowest BCUT2D eigenvalue weighted by Gasteiger charge is -2.26. The van der Waals surface area contributed by atoms with Crippen molar-refractivity contribution in [1.82, 2.24) is 0 Å². The number of benzene rings is 3. The van der Waals surface area contributed by atoms with E-state index in [-0.39, 0.29) is 6.61 Å². The van der Waals surface area contributed by atoms with Crippen LogP contribution in [0.5, 0.6) is 5.75 Å². The molecule has 0 heterocycles. The molecule has 0 aliphatic carbocycles. The molecule has 3 aromatic carbocycles. The van der Waals surface area contributed by atoms with Crippen LogP contribution >= 0.6 is 23.4 Å². The number of hydrogen-bond donors (Lipinski definition) is 2. The molecule has 0 aliphatic rings. The number of hydrogen-bond acceptors (Lipinski definition) is 4. The van der Waals surface area contributed by atoms with Gasteiger partial charge < -0.3 is 15.6 Å². The first kappa shape index (κ1) is 21.7. The Kier molecular flexibility index (Phi) is 7.62. The van der Waals surface area contributed by atoms with E-state index in [4.69, 9.17) is 22.1 Å². The van der Waals surface area contributed by atoms with Crippen molar-refractivity contribution in [2.45, 2.75) is 41.7 Å². The molecule has 1 unspecified atom stereocenters. The van der Waals surface area contributed by atoms with Crippen LogP contribution in [0.4, 0.5) is 0 Å². The van der Waals surface area contributed by atoms with E-state index in [2.05, 4.69) is 6.07 Å². The predicted molar refractivity (Wildman–Crippen MR) is 121 cm³/mol. The molecule has 0 fully saturated rings. The summed E-state index contributed by atoms with van der Waals surface area (Å²) >= 11 is 8.12. The largest absolute Gasteiger partial charge is 0.489 e. The molecule has 0 bridgehead atoms. The summed E-state index contributed by atoms with van der Waals surface area (Å²) in [6.45, 7) is 2.45.